The van der Waals surface area contributed by atoms with Crippen LogP contribution in [0, 0.1) is 18.8 Å². The number of hydrogen-bond donors (Lipinski definition) is 2. The number of aromatic nitrogens is 2. The second kappa shape index (κ2) is 6.09. The standard InChI is InChI=1S/C19H23N5O2/c1-11-4-2-3-5-12(11)18-22-17(26-23-18)10-21-19(25)24-15-6-7-16(24)14-9-20-8-13(14)15/h2-5,13-16,20H,6-10H2,1H3,(H,21,25)/t13-,14+,15-,16+. The van der Waals surface area contributed by atoms with Crippen LogP contribution in [0.15, 0.2) is 28.8 Å². The molecule has 7 heteroatoms. The van der Waals surface area contributed by atoms with Crippen LogP contribution >= 0.6 is 0 Å². The third-order valence-electron chi connectivity index (χ3n) is 6.25. The number of hydrogen-bond acceptors (Lipinski definition) is 5. The summed E-state index contributed by atoms with van der Waals surface area (Å²) in [7, 11) is 0. The SMILES string of the molecule is Cc1ccccc1-c1noc(CNC(=O)N2[C@@H]3CC[C@H]2[C@H]2CNC[C@H]23)n1. The fourth-order valence-electron chi connectivity index (χ4n) is 5.07. The number of rotatable bonds is 3. The second-order valence-electron chi connectivity index (χ2n) is 7.59. The molecule has 7 nitrogen and oxygen atoms in total. The molecule has 136 valence electrons. The third-order valence-corrected chi connectivity index (χ3v) is 6.25. The number of benzene rings is 1. The van der Waals surface area contributed by atoms with Crippen LogP contribution in [0.25, 0.3) is 11.4 Å². The Morgan fingerprint density at radius 2 is 2.00 bits per heavy atom. The molecule has 4 atom stereocenters. The van der Waals surface area contributed by atoms with Crippen molar-refractivity contribution in [3.05, 3.63) is 35.7 Å². The minimum atomic E-state index is 0.00235. The monoisotopic (exact) mass is 353 g/mol. The Morgan fingerprint density at radius 1 is 1.27 bits per heavy atom. The largest absolute Gasteiger partial charge is 0.337 e. The molecular formula is C19H23N5O2. The number of nitrogens with one attached hydrogen (secondary N) is 2. The quantitative estimate of drug-likeness (QED) is 0.881. The van der Waals surface area contributed by atoms with Crippen molar-refractivity contribution in [1.29, 1.82) is 0 Å². The van der Waals surface area contributed by atoms with E-state index in [0.717, 1.165) is 37.1 Å². The first-order valence-corrected chi connectivity index (χ1v) is 9.38. The van der Waals surface area contributed by atoms with Gasteiger partial charge in [-0.3, -0.25) is 0 Å². The highest BCUT2D eigenvalue weighted by molar-refractivity contribution is 5.76. The number of aryl methyl sites for hydroxylation is 1. The summed E-state index contributed by atoms with van der Waals surface area (Å²) in [6, 6.07) is 8.68. The Balaban J connectivity index is 1.25. The lowest BCUT2D eigenvalue weighted by Crippen LogP contribution is -2.45. The molecule has 1 aromatic carbocycles. The normalized spacial score (nSPS) is 29.2. The molecule has 3 fully saturated rings. The lowest BCUT2D eigenvalue weighted by molar-refractivity contribution is 0.183. The molecule has 2 aromatic rings. The molecule has 0 unspecified atom stereocenters. The van der Waals surface area contributed by atoms with Crippen molar-refractivity contribution in [2.75, 3.05) is 13.1 Å². The van der Waals surface area contributed by atoms with Crippen molar-refractivity contribution in [3.63, 3.8) is 0 Å². The van der Waals surface area contributed by atoms with Crippen molar-refractivity contribution in [1.82, 2.24) is 25.7 Å². The van der Waals surface area contributed by atoms with E-state index in [9.17, 15) is 4.79 Å². The van der Waals surface area contributed by atoms with Crippen LogP contribution in [0.4, 0.5) is 4.79 Å². The molecular weight excluding hydrogens is 330 g/mol. The number of amides is 2. The van der Waals surface area contributed by atoms with Crippen LogP contribution in [-0.4, -0.2) is 46.2 Å². The first kappa shape index (κ1) is 15.8. The average Bonchev–Trinajstić information content (AvgIpc) is 3.40. The molecule has 26 heavy (non-hydrogen) atoms. The molecule has 2 bridgehead atoms. The highest BCUT2D eigenvalue weighted by Crippen LogP contribution is 2.47. The van der Waals surface area contributed by atoms with E-state index in [4.69, 9.17) is 4.52 Å². The van der Waals surface area contributed by atoms with Gasteiger partial charge in [0.25, 0.3) is 0 Å². The fraction of sp³-hybridized carbons (Fsp3) is 0.526. The van der Waals surface area contributed by atoms with Gasteiger partial charge in [0, 0.05) is 30.7 Å². The summed E-state index contributed by atoms with van der Waals surface area (Å²) in [5.41, 5.74) is 2.05. The van der Waals surface area contributed by atoms with Crippen molar-refractivity contribution in [2.24, 2.45) is 11.8 Å². The van der Waals surface area contributed by atoms with E-state index in [1.165, 1.54) is 0 Å². The smallest absolute Gasteiger partial charge is 0.318 e. The number of fused-ring (bicyclic) bond motifs is 5. The molecule has 2 amide bonds. The molecule has 1 aromatic heterocycles. The molecule has 3 aliphatic heterocycles. The summed E-state index contributed by atoms with van der Waals surface area (Å²) in [5.74, 6) is 2.24. The number of carbonyl (C=O) groups is 1. The van der Waals surface area contributed by atoms with Crippen LogP contribution in [0.2, 0.25) is 0 Å². The van der Waals surface area contributed by atoms with Gasteiger partial charge in [0.15, 0.2) is 0 Å². The maximum Gasteiger partial charge on any atom is 0.318 e. The van der Waals surface area contributed by atoms with Gasteiger partial charge in [-0.1, -0.05) is 29.4 Å². The Hall–Kier alpha value is -2.41. The fourth-order valence-corrected chi connectivity index (χ4v) is 5.07. The van der Waals surface area contributed by atoms with Crippen molar-refractivity contribution < 1.29 is 9.32 Å². The van der Waals surface area contributed by atoms with E-state index in [-0.39, 0.29) is 12.6 Å². The predicted octanol–water partition coefficient (Wildman–Crippen LogP) is 1.94. The second-order valence-corrected chi connectivity index (χ2v) is 7.59. The molecule has 3 saturated heterocycles. The van der Waals surface area contributed by atoms with Gasteiger partial charge in [-0.2, -0.15) is 4.98 Å². The van der Waals surface area contributed by atoms with Crippen molar-refractivity contribution in [3.8, 4) is 11.4 Å². The zero-order valence-electron chi connectivity index (χ0n) is 14.8. The molecule has 2 N–H and O–H groups in total. The predicted molar refractivity (Wildman–Crippen MR) is 95.2 cm³/mol. The Morgan fingerprint density at radius 3 is 2.73 bits per heavy atom. The molecule has 0 aliphatic carbocycles. The van der Waals surface area contributed by atoms with Crippen LogP contribution in [0.5, 0.6) is 0 Å². The summed E-state index contributed by atoms with van der Waals surface area (Å²) < 4.78 is 5.33. The van der Waals surface area contributed by atoms with Gasteiger partial charge in [-0.25, -0.2) is 4.79 Å². The molecule has 0 saturated carbocycles. The maximum atomic E-state index is 12.7. The first-order chi connectivity index (χ1) is 12.7. The van der Waals surface area contributed by atoms with Gasteiger partial charge in [0.2, 0.25) is 11.7 Å². The van der Waals surface area contributed by atoms with Crippen LogP contribution in [0.3, 0.4) is 0 Å². The maximum absolute atomic E-state index is 12.7. The van der Waals surface area contributed by atoms with Crippen LogP contribution in [0.1, 0.15) is 24.3 Å². The highest BCUT2D eigenvalue weighted by Gasteiger charge is 2.56. The Kier molecular flexibility index (Phi) is 3.70. The van der Waals surface area contributed by atoms with E-state index in [0.29, 0.717) is 35.6 Å². The number of nitrogens with zero attached hydrogens (tertiary/aromatic N) is 3. The van der Waals surface area contributed by atoms with Crippen molar-refractivity contribution in [2.45, 2.75) is 38.4 Å². The number of carbonyl (C=O) groups excluding carboxylic acids is 1. The average molecular weight is 353 g/mol. The zero-order chi connectivity index (χ0) is 17.7. The molecule has 0 spiro atoms. The van der Waals surface area contributed by atoms with E-state index in [2.05, 4.69) is 25.7 Å². The summed E-state index contributed by atoms with van der Waals surface area (Å²) in [6.07, 6.45) is 2.25. The van der Waals surface area contributed by atoms with E-state index >= 15 is 0 Å². The van der Waals surface area contributed by atoms with Crippen LogP contribution in [-0.2, 0) is 6.54 Å². The van der Waals surface area contributed by atoms with E-state index in [1.54, 1.807) is 0 Å². The highest BCUT2D eigenvalue weighted by atomic mass is 16.5. The van der Waals surface area contributed by atoms with Gasteiger partial charge < -0.3 is 20.1 Å². The van der Waals surface area contributed by atoms with Gasteiger partial charge >= 0.3 is 6.03 Å². The lowest BCUT2D eigenvalue weighted by atomic mass is 9.82. The molecule has 4 heterocycles. The minimum Gasteiger partial charge on any atom is -0.337 e. The Labute approximate surface area is 152 Å². The van der Waals surface area contributed by atoms with Gasteiger partial charge in [-0.05, 0) is 37.2 Å². The summed E-state index contributed by atoms with van der Waals surface area (Å²) in [5, 5.41) is 10.5. The van der Waals surface area contributed by atoms with Gasteiger partial charge in [0.05, 0.1) is 6.54 Å². The lowest BCUT2D eigenvalue weighted by Gasteiger charge is -2.24. The zero-order valence-corrected chi connectivity index (χ0v) is 14.8. The first-order valence-electron chi connectivity index (χ1n) is 9.38. The van der Waals surface area contributed by atoms with Crippen LogP contribution < -0.4 is 10.6 Å². The number of urea groups is 1. The summed E-state index contributed by atoms with van der Waals surface area (Å²) >= 11 is 0. The minimum absolute atomic E-state index is 0.00235. The molecule has 0 radical (unpaired) electrons. The van der Waals surface area contributed by atoms with E-state index < -0.39 is 0 Å². The summed E-state index contributed by atoms with van der Waals surface area (Å²) in [4.78, 5) is 19.3. The molecule has 3 aliphatic rings. The summed E-state index contributed by atoms with van der Waals surface area (Å²) in [6.45, 7) is 4.36. The topological polar surface area (TPSA) is 83.3 Å². The Bertz CT molecular complexity index is 817. The van der Waals surface area contributed by atoms with Crippen molar-refractivity contribution >= 4 is 6.03 Å². The van der Waals surface area contributed by atoms with Gasteiger partial charge in [0.1, 0.15) is 0 Å². The van der Waals surface area contributed by atoms with Gasteiger partial charge in [-0.15, -0.1) is 0 Å². The third kappa shape index (κ3) is 2.41. The molecule has 5 rings (SSSR count). The van der Waals surface area contributed by atoms with E-state index in [1.807, 2.05) is 31.2 Å².